The Morgan fingerprint density at radius 1 is 1.31 bits per heavy atom. The molecule has 2 N–H and O–H groups in total. The topological polar surface area (TPSA) is 83.0 Å². The van der Waals surface area contributed by atoms with Crippen LogP contribution in [0, 0.1) is 5.82 Å². The second-order valence-corrected chi connectivity index (χ2v) is 9.03. The number of guanidine groups is 1. The molecule has 0 spiro atoms. The molecule has 0 aliphatic carbocycles. The number of piperidine rings is 1. The van der Waals surface area contributed by atoms with Crippen LogP contribution in [0.25, 0.3) is 0 Å². The zero-order chi connectivity index (χ0) is 20.6. The van der Waals surface area contributed by atoms with Crippen molar-refractivity contribution < 1.29 is 17.5 Å². The number of halogens is 2. The van der Waals surface area contributed by atoms with E-state index in [4.69, 9.17) is 4.74 Å². The van der Waals surface area contributed by atoms with E-state index in [1.807, 2.05) is 6.92 Å². The summed E-state index contributed by atoms with van der Waals surface area (Å²) in [6.07, 6.45) is 1.47. The Balaban J connectivity index is 0.00000420. The van der Waals surface area contributed by atoms with Gasteiger partial charge < -0.3 is 15.4 Å². The van der Waals surface area contributed by atoms with Gasteiger partial charge in [-0.2, -0.15) is 0 Å². The van der Waals surface area contributed by atoms with E-state index in [0.29, 0.717) is 37.7 Å². The standard InChI is InChI=1S/C19H31FN4O3S.HI/c1-4-21-19(22-13-15-6-7-18(20)16(12-15)14-27-3)23-17-8-10-24(11-9-17)28(25,26)5-2;/h6-7,12,17H,4-5,8-11,13-14H2,1-3H3,(H2,21,22,23);1H. The first-order chi connectivity index (χ1) is 13.4. The minimum absolute atomic E-state index is 0. The lowest BCUT2D eigenvalue weighted by molar-refractivity contribution is 0.181. The van der Waals surface area contributed by atoms with Gasteiger partial charge in [0, 0.05) is 38.3 Å². The van der Waals surface area contributed by atoms with Crippen molar-refractivity contribution in [3.05, 3.63) is 35.1 Å². The summed E-state index contributed by atoms with van der Waals surface area (Å²) in [6, 6.07) is 5.08. The molecule has 2 rings (SSSR count). The molecule has 0 bridgehead atoms. The van der Waals surface area contributed by atoms with Crippen molar-refractivity contribution in [3.63, 3.8) is 0 Å². The van der Waals surface area contributed by atoms with Crippen LogP contribution in [0.5, 0.6) is 0 Å². The molecule has 29 heavy (non-hydrogen) atoms. The molecular weight excluding hydrogens is 510 g/mol. The number of ether oxygens (including phenoxy) is 1. The number of sulfonamides is 1. The van der Waals surface area contributed by atoms with Crippen LogP contribution in [0.1, 0.15) is 37.8 Å². The Hall–Kier alpha value is -0.980. The van der Waals surface area contributed by atoms with Gasteiger partial charge in [-0.25, -0.2) is 22.1 Å². The van der Waals surface area contributed by atoms with Crippen LogP contribution in [-0.2, 0) is 27.9 Å². The van der Waals surface area contributed by atoms with Gasteiger partial charge >= 0.3 is 0 Å². The maximum atomic E-state index is 13.7. The van der Waals surface area contributed by atoms with E-state index in [2.05, 4.69) is 15.6 Å². The van der Waals surface area contributed by atoms with Gasteiger partial charge in [0.15, 0.2) is 5.96 Å². The highest BCUT2D eigenvalue weighted by Gasteiger charge is 2.26. The number of nitrogens with one attached hydrogen (secondary N) is 2. The quantitative estimate of drug-likeness (QED) is 0.300. The summed E-state index contributed by atoms with van der Waals surface area (Å²) in [5.74, 6) is 0.531. The summed E-state index contributed by atoms with van der Waals surface area (Å²) in [7, 11) is -1.59. The Labute approximate surface area is 190 Å². The first-order valence-corrected chi connectivity index (χ1v) is 11.3. The van der Waals surface area contributed by atoms with Gasteiger partial charge in [-0.15, -0.1) is 24.0 Å². The lowest BCUT2D eigenvalue weighted by Gasteiger charge is -2.32. The highest BCUT2D eigenvalue weighted by molar-refractivity contribution is 14.0. The predicted octanol–water partition coefficient (Wildman–Crippen LogP) is 2.46. The number of hydrogen-bond donors (Lipinski definition) is 2. The van der Waals surface area contributed by atoms with Crippen LogP contribution in [0.2, 0.25) is 0 Å². The second kappa shape index (κ2) is 12.7. The third-order valence-corrected chi connectivity index (χ3v) is 6.61. The summed E-state index contributed by atoms with van der Waals surface area (Å²) >= 11 is 0. The lowest BCUT2D eigenvalue weighted by atomic mass is 10.1. The van der Waals surface area contributed by atoms with E-state index >= 15 is 0 Å². The van der Waals surface area contributed by atoms with Crippen LogP contribution in [0.4, 0.5) is 4.39 Å². The van der Waals surface area contributed by atoms with Crippen LogP contribution >= 0.6 is 24.0 Å². The number of benzene rings is 1. The van der Waals surface area contributed by atoms with Crippen LogP contribution < -0.4 is 10.6 Å². The molecule has 0 aromatic heterocycles. The van der Waals surface area contributed by atoms with Crippen molar-refractivity contribution in [2.45, 2.75) is 45.9 Å². The van der Waals surface area contributed by atoms with Crippen molar-refractivity contribution in [3.8, 4) is 0 Å². The summed E-state index contributed by atoms with van der Waals surface area (Å²) in [5.41, 5.74) is 1.41. The number of rotatable bonds is 8. The Kier molecular flexibility index (Phi) is 11.4. The van der Waals surface area contributed by atoms with E-state index in [1.165, 1.54) is 13.2 Å². The Morgan fingerprint density at radius 3 is 2.59 bits per heavy atom. The molecule has 1 aliphatic heterocycles. The second-order valence-electron chi connectivity index (χ2n) is 6.77. The van der Waals surface area contributed by atoms with E-state index in [0.717, 1.165) is 18.4 Å². The summed E-state index contributed by atoms with van der Waals surface area (Å²) < 4.78 is 44.3. The molecule has 1 aromatic carbocycles. The van der Waals surface area contributed by atoms with E-state index in [-0.39, 0.29) is 48.2 Å². The largest absolute Gasteiger partial charge is 0.380 e. The first kappa shape index (κ1) is 26.1. The minimum Gasteiger partial charge on any atom is -0.380 e. The molecule has 0 saturated carbocycles. The van der Waals surface area contributed by atoms with Gasteiger partial charge in [-0.05, 0) is 44.4 Å². The first-order valence-electron chi connectivity index (χ1n) is 9.68. The average Bonchev–Trinajstić information content (AvgIpc) is 2.69. The number of hydrogen-bond acceptors (Lipinski definition) is 4. The molecule has 0 atom stereocenters. The SMILES string of the molecule is CCNC(=NCc1ccc(F)c(COC)c1)NC1CCN(S(=O)(=O)CC)CC1.I. The molecule has 1 fully saturated rings. The molecular formula is C19H32FIN4O3S. The zero-order valence-electron chi connectivity index (χ0n) is 17.3. The molecule has 0 unspecified atom stereocenters. The summed E-state index contributed by atoms with van der Waals surface area (Å²) in [4.78, 5) is 4.59. The molecule has 1 heterocycles. The van der Waals surface area contributed by atoms with Crippen molar-refractivity contribution in [1.82, 2.24) is 14.9 Å². The fourth-order valence-electron chi connectivity index (χ4n) is 3.14. The van der Waals surface area contributed by atoms with Gasteiger partial charge in [0.25, 0.3) is 0 Å². The molecule has 1 aliphatic rings. The van der Waals surface area contributed by atoms with Gasteiger partial charge in [0.2, 0.25) is 10.0 Å². The highest BCUT2D eigenvalue weighted by atomic mass is 127. The summed E-state index contributed by atoms with van der Waals surface area (Å²) in [5, 5.41) is 6.60. The fraction of sp³-hybridized carbons (Fsp3) is 0.632. The van der Waals surface area contributed by atoms with E-state index in [1.54, 1.807) is 23.4 Å². The van der Waals surface area contributed by atoms with Crippen LogP contribution in [-0.4, -0.2) is 57.2 Å². The lowest BCUT2D eigenvalue weighted by Crippen LogP contribution is -2.50. The Bertz CT molecular complexity index is 769. The maximum Gasteiger partial charge on any atom is 0.213 e. The molecule has 0 radical (unpaired) electrons. The zero-order valence-corrected chi connectivity index (χ0v) is 20.4. The van der Waals surface area contributed by atoms with Crippen LogP contribution in [0.15, 0.2) is 23.2 Å². The molecule has 1 aromatic rings. The van der Waals surface area contributed by atoms with Crippen LogP contribution in [0.3, 0.4) is 0 Å². The molecule has 10 heteroatoms. The van der Waals surface area contributed by atoms with E-state index in [9.17, 15) is 12.8 Å². The van der Waals surface area contributed by atoms with Crippen molar-refractivity contribution in [2.24, 2.45) is 4.99 Å². The number of methoxy groups -OCH3 is 1. The number of nitrogens with zero attached hydrogens (tertiary/aromatic N) is 2. The minimum atomic E-state index is -3.12. The van der Waals surface area contributed by atoms with Gasteiger partial charge in [-0.3, -0.25) is 0 Å². The highest BCUT2D eigenvalue weighted by Crippen LogP contribution is 2.15. The smallest absolute Gasteiger partial charge is 0.213 e. The maximum absolute atomic E-state index is 13.7. The van der Waals surface area contributed by atoms with Gasteiger partial charge in [0.05, 0.1) is 18.9 Å². The normalized spacial score (nSPS) is 16.3. The third kappa shape index (κ3) is 7.99. The summed E-state index contributed by atoms with van der Waals surface area (Å²) in [6.45, 7) is 6.05. The molecule has 1 saturated heterocycles. The van der Waals surface area contributed by atoms with E-state index < -0.39 is 10.0 Å². The van der Waals surface area contributed by atoms with Gasteiger partial charge in [-0.1, -0.05) is 6.07 Å². The van der Waals surface area contributed by atoms with Crippen molar-refractivity contribution in [2.75, 3.05) is 32.5 Å². The number of aliphatic imine (C=N–C) groups is 1. The molecule has 166 valence electrons. The van der Waals surface area contributed by atoms with Gasteiger partial charge in [0.1, 0.15) is 5.82 Å². The van der Waals surface area contributed by atoms with Crippen molar-refractivity contribution in [1.29, 1.82) is 0 Å². The average molecular weight is 542 g/mol. The van der Waals surface area contributed by atoms with Crippen molar-refractivity contribution >= 4 is 40.0 Å². The molecule has 7 nitrogen and oxygen atoms in total. The third-order valence-electron chi connectivity index (χ3n) is 4.73. The predicted molar refractivity (Wildman–Crippen MR) is 125 cm³/mol. The fourth-order valence-corrected chi connectivity index (χ4v) is 4.27. The molecule has 0 amide bonds. The Morgan fingerprint density at radius 2 is 2.00 bits per heavy atom. The monoisotopic (exact) mass is 542 g/mol.